The molecule has 6 nitrogen and oxygen atoms in total. The Bertz CT molecular complexity index is 683. The molecule has 1 aliphatic rings. The van der Waals surface area contributed by atoms with Crippen molar-refractivity contribution in [2.24, 2.45) is 5.92 Å². The Hall–Kier alpha value is -1.73. The number of ether oxygens (including phenoxy) is 1. The highest BCUT2D eigenvalue weighted by Gasteiger charge is 2.26. The summed E-state index contributed by atoms with van der Waals surface area (Å²) in [7, 11) is 0. The Morgan fingerprint density at radius 3 is 2.54 bits per heavy atom. The van der Waals surface area contributed by atoms with Crippen molar-refractivity contribution >= 4 is 46.8 Å². The summed E-state index contributed by atoms with van der Waals surface area (Å²) in [5.41, 5.74) is 0.639. The SMILES string of the molecule is C[C@@H](OC(=O)CSCC(=O)Nc1ccc(Cl)cc1)C(=O)N[C@H]1CCCC[C@@H]1C. The van der Waals surface area contributed by atoms with Crippen molar-refractivity contribution in [3.05, 3.63) is 29.3 Å². The average molecular weight is 427 g/mol. The number of nitrogens with one attached hydrogen (secondary N) is 2. The molecule has 2 rings (SSSR count). The van der Waals surface area contributed by atoms with Gasteiger partial charge in [-0.3, -0.25) is 14.4 Å². The maximum atomic E-state index is 12.2. The summed E-state index contributed by atoms with van der Waals surface area (Å²) in [6.07, 6.45) is 3.53. The molecule has 0 radical (unpaired) electrons. The van der Waals surface area contributed by atoms with Crippen LogP contribution in [0.3, 0.4) is 0 Å². The monoisotopic (exact) mass is 426 g/mol. The van der Waals surface area contributed by atoms with Crippen LogP contribution in [0.2, 0.25) is 5.02 Å². The molecule has 0 bridgehead atoms. The molecular formula is C20H27ClN2O4S. The lowest BCUT2D eigenvalue weighted by Crippen LogP contribution is -2.46. The number of esters is 1. The van der Waals surface area contributed by atoms with Gasteiger partial charge < -0.3 is 15.4 Å². The molecule has 1 aliphatic carbocycles. The zero-order valence-corrected chi connectivity index (χ0v) is 17.8. The van der Waals surface area contributed by atoms with Gasteiger partial charge in [0, 0.05) is 16.8 Å². The molecule has 1 fully saturated rings. The molecule has 0 heterocycles. The number of halogens is 1. The average Bonchev–Trinajstić information content (AvgIpc) is 2.65. The van der Waals surface area contributed by atoms with Crippen LogP contribution in [0.5, 0.6) is 0 Å². The van der Waals surface area contributed by atoms with Gasteiger partial charge in [0.1, 0.15) is 0 Å². The standard InChI is InChI=1S/C20H27ClN2O4S/c1-13-5-3-4-6-17(13)23-20(26)14(2)27-19(25)12-28-11-18(24)22-16-9-7-15(21)8-10-16/h7-10,13-14,17H,3-6,11-12H2,1-2H3,(H,22,24)(H,23,26)/t13-,14+,17-/m0/s1. The van der Waals surface area contributed by atoms with Crippen LogP contribution in [0.4, 0.5) is 5.69 Å². The molecule has 2 N–H and O–H groups in total. The van der Waals surface area contributed by atoms with Gasteiger partial charge in [-0.05, 0) is 49.9 Å². The summed E-state index contributed by atoms with van der Waals surface area (Å²) in [5.74, 6) is -0.447. The minimum absolute atomic E-state index is 0.00545. The van der Waals surface area contributed by atoms with Crippen molar-refractivity contribution in [3.8, 4) is 0 Å². The van der Waals surface area contributed by atoms with Gasteiger partial charge in [0.05, 0.1) is 11.5 Å². The Labute approximate surface area is 175 Å². The predicted octanol–water partition coefficient (Wildman–Crippen LogP) is 3.64. The van der Waals surface area contributed by atoms with E-state index in [9.17, 15) is 14.4 Å². The van der Waals surface area contributed by atoms with Crippen molar-refractivity contribution < 1.29 is 19.1 Å². The molecule has 0 unspecified atom stereocenters. The Morgan fingerprint density at radius 2 is 1.86 bits per heavy atom. The van der Waals surface area contributed by atoms with E-state index in [1.165, 1.54) is 6.42 Å². The normalized spacial score (nSPS) is 20.1. The fraction of sp³-hybridized carbons (Fsp3) is 0.550. The van der Waals surface area contributed by atoms with Crippen LogP contribution in [0, 0.1) is 5.92 Å². The van der Waals surface area contributed by atoms with Crippen molar-refractivity contribution in [1.29, 1.82) is 0 Å². The molecule has 0 aliphatic heterocycles. The molecule has 0 aromatic heterocycles. The minimum atomic E-state index is -0.842. The summed E-state index contributed by atoms with van der Waals surface area (Å²) in [6.45, 7) is 3.70. The molecule has 28 heavy (non-hydrogen) atoms. The van der Waals surface area contributed by atoms with E-state index in [4.69, 9.17) is 16.3 Å². The maximum Gasteiger partial charge on any atom is 0.316 e. The molecule has 8 heteroatoms. The third kappa shape index (κ3) is 7.72. The molecule has 2 amide bonds. The van der Waals surface area contributed by atoms with Gasteiger partial charge in [0.2, 0.25) is 5.91 Å². The quantitative estimate of drug-likeness (QED) is 0.620. The van der Waals surface area contributed by atoms with Gasteiger partial charge in [0.15, 0.2) is 6.10 Å². The smallest absolute Gasteiger partial charge is 0.316 e. The third-order valence-electron chi connectivity index (χ3n) is 4.70. The van der Waals surface area contributed by atoms with E-state index in [2.05, 4.69) is 17.6 Å². The van der Waals surface area contributed by atoms with Crippen molar-refractivity contribution in [2.75, 3.05) is 16.8 Å². The number of carbonyl (C=O) groups is 3. The van der Waals surface area contributed by atoms with E-state index in [0.29, 0.717) is 16.6 Å². The topological polar surface area (TPSA) is 84.5 Å². The third-order valence-corrected chi connectivity index (χ3v) is 5.86. The van der Waals surface area contributed by atoms with Crippen LogP contribution in [0.1, 0.15) is 39.5 Å². The second-order valence-corrected chi connectivity index (χ2v) is 8.48. The molecular weight excluding hydrogens is 400 g/mol. The highest BCUT2D eigenvalue weighted by molar-refractivity contribution is 8.00. The van der Waals surface area contributed by atoms with Gasteiger partial charge in [0.25, 0.3) is 5.91 Å². The zero-order valence-electron chi connectivity index (χ0n) is 16.2. The second-order valence-electron chi connectivity index (χ2n) is 7.06. The number of hydrogen-bond acceptors (Lipinski definition) is 5. The summed E-state index contributed by atoms with van der Waals surface area (Å²) < 4.78 is 5.18. The van der Waals surface area contributed by atoms with E-state index < -0.39 is 12.1 Å². The lowest BCUT2D eigenvalue weighted by molar-refractivity contribution is -0.152. The van der Waals surface area contributed by atoms with Crippen molar-refractivity contribution in [3.63, 3.8) is 0 Å². The number of amides is 2. The second kappa shape index (κ2) is 11.3. The largest absolute Gasteiger partial charge is 0.452 e. The Kier molecular flexibility index (Phi) is 9.12. The maximum absolute atomic E-state index is 12.2. The number of benzene rings is 1. The van der Waals surface area contributed by atoms with Gasteiger partial charge in [-0.2, -0.15) is 0 Å². The van der Waals surface area contributed by atoms with Gasteiger partial charge in [-0.15, -0.1) is 11.8 Å². The van der Waals surface area contributed by atoms with E-state index in [1.807, 2.05) is 0 Å². The summed E-state index contributed by atoms with van der Waals surface area (Å²) in [6, 6.07) is 6.91. The summed E-state index contributed by atoms with van der Waals surface area (Å²) in [5, 5.41) is 6.29. The highest BCUT2D eigenvalue weighted by Crippen LogP contribution is 2.23. The van der Waals surface area contributed by atoms with Crippen molar-refractivity contribution in [1.82, 2.24) is 5.32 Å². The number of thioether (sulfide) groups is 1. The molecule has 1 saturated carbocycles. The molecule has 3 atom stereocenters. The van der Waals surface area contributed by atoms with Crippen molar-refractivity contribution in [2.45, 2.75) is 51.7 Å². The number of hydrogen-bond donors (Lipinski definition) is 2. The fourth-order valence-corrected chi connectivity index (χ4v) is 3.79. The Balaban J connectivity index is 1.64. The first-order chi connectivity index (χ1) is 13.3. The van der Waals surface area contributed by atoms with Crippen LogP contribution >= 0.6 is 23.4 Å². The van der Waals surface area contributed by atoms with Crippen LogP contribution in [0.15, 0.2) is 24.3 Å². The molecule has 1 aromatic rings. The fourth-order valence-electron chi connectivity index (χ4n) is 3.07. The summed E-state index contributed by atoms with van der Waals surface area (Å²) >= 11 is 6.93. The van der Waals surface area contributed by atoms with E-state index >= 15 is 0 Å². The van der Waals surface area contributed by atoms with Gasteiger partial charge >= 0.3 is 5.97 Å². The number of rotatable bonds is 8. The first-order valence-electron chi connectivity index (χ1n) is 9.48. The zero-order chi connectivity index (χ0) is 20.5. The predicted molar refractivity (Wildman–Crippen MR) is 113 cm³/mol. The molecule has 0 spiro atoms. The van der Waals surface area contributed by atoms with Gasteiger partial charge in [-0.25, -0.2) is 0 Å². The first-order valence-corrected chi connectivity index (χ1v) is 11.0. The number of anilines is 1. The number of carbonyl (C=O) groups excluding carboxylic acids is 3. The first kappa shape index (κ1) is 22.6. The van der Waals surface area contributed by atoms with E-state index in [1.54, 1.807) is 31.2 Å². The van der Waals surface area contributed by atoms with Crippen LogP contribution < -0.4 is 10.6 Å². The van der Waals surface area contributed by atoms with Crippen LogP contribution in [-0.4, -0.2) is 41.4 Å². The van der Waals surface area contributed by atoms with E-state index in [0.717, 1.165) is 31.0 Å². The molecule has 154 valence electrons. The summed E-state index contributed by atoms with van der Waals surface area (Å²) in [4.78, 5) is 36.0. The van der Waals surface area contributed by atoms with Crippen LogP contribution in [0.25, 0.3) is 0 Å². The lowest BCUT2D eigenvalue weighted by atomic mass is 9.86. The van der Waals surface area contributed by atoms with Crippen LogP contribution in [-0.2, 0) is 19.1 Å². The lowest BCUT2D eigenvalue weighted by Gasteiger charge is -2.30. The minimum Gasteiger partial charge on any atom is -0.452 e. The van der Waals surface area contributed by atoms with Gasteiger partial charge in [-0.1, -0.05) is 31.4 Å². The molecule has 0 saturated heterocycles. The molecule has 1 aromatic carbocycles. The van der Waals surface area contributed by atoms with E-state index in [-0.39, 0.29) is 29.4 Å². The highest BCUT2D eigenvalue weighted by atomic mass is 35.5. The Morgan fingerprint density at radius 1 is 1.18 bits per heavy atom.